The third-order valence-electron chi connectivity index (χ3n) is 5.90. The Morgan fingerprint density at radius 3 is 2.08 bits per heavy atom. The predicted octanol–water partition coefficient (Wildman–Crippen LogP) is 6.21. The second kappa shape index (κ2) is 11.2. The number of hydrogen-bond donors (Lipinski definition) is 0. The van der Waals surface area contributed by atoms with Gasteiger partial charge in [0.2, 0.25) is 0 Å². The summed E-state index contributed by atoms with van der Waals surface area (Å²) in [5.41, 5.74) is 3.48. The standard InChI is InChI=1S/C30H29NO4S/c1-3-35-27-19-17-26(18-20-27)31(36(33,34)28-21-13-23(2)14-22-28)30(32)29-12-8-7-11-25(29)16-15-24-9-5-4-6-10-24/h4-14,17-22H,3,15-16H2,1-2H3. The molecule has 0 aliphatic carbocycles. The van der Waals surface area contributed by atoms with Crippen LogP contribution in [0, 0.1) is 6.92 Å². The summed E-state index contributed by atoms with van der Waals surface area (Å²) in [4.78, 5) is 14.0. The van der Waals surface area contributed by atoms with Crippen LogP contribution < -0.4 is 9.04 Å². The molecule has 36 heavy (non-hydrogen) atoms. The van der Waals surface area contributed by atoms with Crippen LogP contribution >= 0.6 is 0 Å². The Balaban J connectivity index is 1.75. The lowest BCUT2D eigenvalue weighted by Gasteiger charge is -2.24. The molecule has 5 nitrogen and oxygen atoms in total. The Hall–Kier alpha value is -3.90. The first-order chi connectivity index (χ1) is 17.4. The van der Waals surface area contributed by atoms with E-state index in [1.165, 1.54) is 12.1 Å². The summed E-state index contributed by atoms with van der Waals surface area (Å²) in [6, 6.07) is 30.2. The number of carbonyl (C=O) groups excluding carboxylic acids is 1. The molecular formula is C30H29NO4S. The zero-order valence-electron chi connectivity index (χ0n) is 20.4. The first-order valence-electron chi connectivity index (χ1n) is 11.9. The van der Waals surface area contributed by atoms with Gasteiger partial charge in [-0.05, 0) is 80.3 Å². The van der Waals surface area contributed by atoms with E-state index in [9.17, 15) is 13.2 Å². The molecule has 0 aliphatic rings. The molecule has 0 spiro atoms. The van der Waals surface area contributed by atoms with Gasteiger partial charge in [0.15, 0.2) is 0 Å². The van der Waals surface area contributed by atoms with Crippen molar-refractivity contribution in [2.75, 3.05) is 10.9 Å². The lowest BCUT2D eigenvalue weighted by atomic mass is 9.99. The third-order valence-corrected chi connectivity index (χ3v) is 7.62. The van der Waals surface area contributed by atoms with E-state index in [0.29, 0.717) is 24.3 Å². The average Bonchev–Trinajstić information content (AvgIpc) is 2.89. The van der Waals surface area contributed by atoms with E-state index < -0.39 is 15.9 Å². The zero-order valence-corrected chi connectivity index (χ0v) is 21.2. The van der Waals surface area contributed by atoms with Gasteiger partial charge in [0, 0.05) is 5.56 Å². The van der Waals surface area contributed by atoms with E-state index in [-0.39, 0.29) is 10.6 Å². The Morgan fingerprint density at radius 2 is 1.42 bits per heavy atom. The van der Waals surface area contributed by atoms with Crippen molar-refractivity contribution in [2.45, 2.75) is 31.6 Å². The van der Waals surface area contributed by atoms with Crippen LogP contribution in [-0.2, 0) is 22.9 Å². The van der Waals surface area contributed by atoms with Gasteiger partial charge in [-0.3, -0.25) is 4.79 Å². The van der Waals surface area contributed by atoms with Gasteiger partial charge in [-0.2, -0.15) is 4.31 Å². The maximum Gasteiger partial charge on any atom is 0.272 e. The minimum Gasteiger partial charge on any atom is -0.494 e. The topological polar surface area (TPSA) is 63.7 Å². The molecule has 0 saturated carbocycles. The first kappa shape index (κ1) is 25.2. The van der Waals surface area contributed by atoms with E-state index in [0.717, 1.165) is 27.4 Å². The largest absolute Gasteiger partial charge is 0.494 e. The number of anilines is 1. The summed E-state index contributed by atoms with van der Waals surface area (Å²) < 4.78 is 34.1. The van der Waals surface area contributed by atoms with Gasteiger partial charge < -0.3 is 4.74 Å². The molecule has 0 unspecified atom stereocenters. The minimum atomic E-state index is -4.18. The second-order valence-electron chi connectivity index (χ2n) is 8.46. The molecule has 4 aromatic rings. The van der Waals surface area contributed by atoms with Crippen molar-refractivity contribution >= 4 is 21.6 Å². The maximum absolute atomic E-state index is 14.0. The Labute approximate surface area is 213 Å². The van der Waals surface area contributed by atoms with Gasteiger partial charge in [0.25, 0.3) is 15.9 Å². The number of rotatable bonds is 9. The molecule has 0 saturated heterocycles. The monoisotopic (exact) mass is 499 g/mol. The number of hydrogen-bond acceptors (Lipinski definition) is 4. The van der Waals surface area contributed by atoms with E-state index >= 15 is 0 Å². The van der Waals surface area contributed by atoms with Crippen LogP contribution in [0.4, 0.5) is 5.69 Å². The summed E-state index contributed by atoms with van der Waals surface area (Å²) in [6.45, 7) is 4.24. The van der Waals surface area contributed by atoms with Crippen molar-refractivity contribution in [3.05, 3.63) is 125 Å². The number of ether oxygens (including phenoxy) is 1. The Bertz CT molecular complexity index is 1410. The van der Waals surface area contributed by atoms with Crippen LogP contribution in [-0.4, -0.2) is 20.9 Å². The molecule has 6 heteroatoms. The van der Waals surface area contributed by atoms with Gasteiger partial charge >= 0.3 is 0 Å². The van der Waals surface area contributed by atoms with Crippen LogP contribution in [0.5, 0.6) is 5.75 Å². The van der Waals surface area contributed by atoms with Crippen LogP contribution in [0.2, 0.25) is 0 Å². The fourth-order valence-corrected chi connectivity index (χ4v) is 5.41. The molecule has 0 N–H and O–H groups in total. The molecular weight excluding hydrogens is 470 g/mol. The van der Waals surface area contributed by atoms with E-state index in [4.69, 9.17) is 4.74 Å². The molecule has 4 rings (SSSR count). The predicted molar refractivity (Wildman–Crippen MR) is 143 cm³/mol. The molecule has 0 radical (unpaired) electrons. The highest BCUT2D eigenvalue weighted by Crippen LogP contribution is 2.29. The highest BCUT2D eigenvalue weighted by Gasteiger charge is 2.33. The van der Waals surface area contributed by atoms with Crippen LogP contribution in [0.3, 0.4) is 0 Å². The minimum absolute atomic E-state index is 0.0529. The van der Waals surface area contributed by atoms with Gasteiger partial charge in [-0.15, -0.1) is 0 Å². The van der Waals surface area contributed by atoms with Crippen molar-refractivity contribution in [3.8, 4) is 5.75 Å². The number of sulfonamides is 1. The normalized spacial score (nSPS) is 11.2. The molecule has 4 aromatic carbocycles. The van der Waals surface area contributed by atoms with Crippen LogP contribution in [0.1, 0.15) is 34.0 Å². The highest BCUT2D eigenvalue weighted by atomic mass is 32.2. The Morgan fingerprint density at radius 1 is 0.778 bits per heavy atom. The first-order valence-corrected chi connectivity index (χ1v) is 13.3. The lowest BCUT2D eigenvalue weighted by Crippen LogP contribution is -2.37. The summed E-state index contributed by atoms with van der Waals surface area (Å²) in [7, 11) is -4.18. The van der Waals surface area contributed by atoms with Crippen LogP contribution in [0.15, 0.2) is 108 Å². The summed E-state index contributed by atoms with van der Waals surface area (Å²) in [5, 5.41) is 0. The van der Waals surface area contributed by atoms with Gasteiger partial charge in [-0.25, -0.2) is 8.42 Å². The van der Waals surface area contributed by atoms with Crippen molar-refractivity contribution < 1.29 is 17.9 Å². The Kier molecular flexibility index (Phi) is 7.86. The summed E-state index contributed by atoms with van der Waals surface area (Å²) in [6.07, 6.45) is 1.34. The quantitative estimate of drug-likeness (QED) is 0.274. The molecule has 0 aromatic heterocycles. The van der Waals surface area contributed by atoms with E-state index in [2.05, 4.69) is 0 Å². The number of aryl methyl sites for hydroxylation is 3. The smallest absolute Gasteiger partial charge is 0.272 e. The maximum atomic E-state index is 14.0. The number of benzene rings is 4. The van der Waals surface area contributed by atoms with Crippen molar-refractivity contribution in [1.82, 2.24) is 0 Å². The van der Waals surface area contributed by atoms with E-state index in [1.807, 2.05) is 56.3 Å². The fourth-order valence-electron chi connectivity index (χ4n) is 4.01. The third kappa shape index (κ3) is 5.66. The zero-order chi connectivity index (χ0) is 25.5. The molecule has 0 aliphatic heterocycles. The number of carbonyl (C=O) groups is 1. The molecule has 0 atom stereocenters. The van der Waals surface area contributed by atoms with Crippen molar-refractivity contribution in [1.29, 1.82) is 0 Å². The number of nitrogens with zero attached hydrogens (tertiary/aromatic N) is 1. The van der Waals surface area contributed by atoms with Crippen LogP contribution in [0.25, 0.3) is 0 Å². The van der Waals surface area contributed by atoms with Crippen molar-refractivity contribution in [2.24, 2.45) is 0 Å². The van der Waals surface area contributed by atoms with Gasteiger partial charge in [0.05, 0.1) is 17.2 Å². The van der Waals surface area contributed by atoms with Gasteiger partial charge in [0.1, 0.15) is 5.75 Å². The lowest BCUT2D eigenvalue weighted by molar-refractivity contribution is 0.100. The SMILES string of the molecule is CCOc1ccc(N(C(=O)c2ccccc2CCc2ccccc2)S(=O)(=O)c2ccc(C)cc2)cc1. The highest BCUT2D eigenvalue weighted by molar-refractivity contribution is 7.93. The molecule has 0 heterocycles. The summed E-state index contributed by atoms with van der Waals surface area (Å²) >= 11 is 0. The number of amides is 1. The average molecular weight is 500 g/mol. The molecule has 1 amide bonds. The fraction of sp³-hybridized carbons (Fsp3) is 0.167. The molecule has 0 bridgehead atoms. The van der Waals surface area contributed by atoms with Crippen molar-refractivity contribution in [3.63, 3.8) is 0 Å². The molecule has 184 valence electrons. The van der Waals surface area contributed by atoms with Gasteiger partial charge in [-0.1, -0.05) is 66.2 Å². The second-order valence-corrected chi connectivity index (χ2v) is 10.2. The summed E-state index contributed by atoms with van der Waals surface area (Å²) in [5.74, 6) is 0.00745. The van der Waals surface area contributed by atoms with E-state index in [1.54, 1.807) is 48.5 Å². The molecule has 0 fully saturated rings.